The minimum absolute atomic E-state index is 0.000422. The van der Waals surface area contributed by atoms with Crippen LogP contribution in [0, 0.1) is 27.9 Å². The number of hydrogen-bond acceptors (Lipinski definition) is 5. The number of hydrogen-bond donors (Lipinski definition) is 2. The molecule has 0 atom stereocenters. The highest BCUT2D eigenvalue weighted by Gasteiger charge is 2.41. The lowest BCUT2D eigenvalue weighted by atomic mass is 9.98. The molecule has 0 bridgehead atoms. The van der Waals surface area contributed by atoms with E-state index in [0.29, 0.717) is 17.6 Å². The zero-order chi connectivity index (χ0) is 13.4. The smallest absolute Gasteiger partial charge is 0.311 e. The Balaban J connectivity index is 1.71. The maximum absolute atomic E-state index is 11.0. The molecule has 2 fully saturated rings. The number of anilines is 2. The number of nitrogen functional groups attached to an aromatic ring is 1. The van der Waals surface area contributed by atoms with Gasteiger partial charge < -0.3 is 11.1 Å². The van der Waals surface area contributed by atoms with Crippen LogP contribution in [-0.4, -0.2) is 16.5 Å². The first-order chi connectivity index (χ1) is 9.15. The summed E-state index contributed by atoms with van der Waals surface area (Å²) in [5, 5.41) is 14.1. The van der Waals surface area contributed by atoms with Gasteiger partial charge in [0.1, 0.15) is 5.82 Å². The number of rotatable bonds is 6. The molecule has 0 saturated heterocycles. The van der Waals surface area contributed by atoms with Gasteiger partial charge in [-0.25, -0.2) is 4.98 Å². The highest BCUT2D eigenvalue weighted by molar-refractivity contribution is 5.59. The van der Waals surface area contributed by atoms with Crippen molar-refractivity contribution in [3.63, 3.8) is 0 Å². The van der Waals surface area contributed by atoms with E-state index in [1.54, 1.807) is 0 Å². The molecule has 0 amide bonds. The van der Waals surface area contributed by atoms with Crippen LogP contribution in [0.5, 0.6) is 0 Å². The van der Waals surface area contributed by atoms with Crippen molar-refractivity contribution in [1.82, 2.24) is 4.98 Å². The summed E-state index contributed by atoms with van der Waals surface area (Å²) in [4.78, 5) is 14.6. The van der Waals surface area contributed by atoms with Crippen LogP contribution in [0.15, 0.2) is 12.1 Å². The Kier molecular flexibility index (Phi) is 3.00. The van der Waals surface area contributed by atoms with Gasteiger partial charge in [-0.1, -0.05) is 0 Å². The molecule has 102 valence electrons. The normalized spacial score (nSPS) is 18.6. The second-order valence-electron chi connectivity index (χ2n) is 5.58. The summed E-state index contributed by atoms with van der Waals surface area (Å²) in [5.41, 5.74) is 5.60. The molecule has 1 heterocycles. The van der Waals surface area contributed by atoms with Crippen LogP contribution in [0.25, 0.3) is 0 Å². The van der Waals surface area contributed by atoms with Crippen LogP contribution in [0.3, 0.4) is 0 Å². The standard InChI is InChI=1S/C13H18N4O2/c14-12-6-5-11(17(18)19)13(16-12)15-7-10(8-1-2-8)9-3-4-9/h5-6,8-10H,1-4,7H2,(H3,14,15,16). The van der Waals surface area contributed by atoms with E-state index < -0.39 is 4.92 Å². The van der Waals surface area contributed by atoms with Gasteiger partial charge in [0.15, 0.2) is 0 Å². The van der Waals surface area contributed by atoms with Crippen LogP contribution in [0.4, 0.5) is 17.3 Å². The van der Waals surface area contributed by atoms with E-state index in [0.717, 1.165) is 18.4 Å². The predicted molar refractivity (Wildman–Crippen MR) is 72.7 cm³/mol. The molecule has 1 aromatic heterocycles. The average molecular weight is 262 g/mol. The molecule has 6 nitrogen and oxygen atoms in total. The summed E-state index contributed by atoms with van der Waals surface area (Å²) in [6.45, 7) is 0.770. The molecule has 6 heteroatoms. The van der Waals surface area contributed by atoms with Crippen molar-refractivity contribution in [1.29, 1.82) is 0 Å². The maximum atomic E-state index is 11.0. The van der Waals surface area contributed by atoms with Gasteiger partial charge in [0.2, 0.25) is 5.82 Å². The van der Waals surface area contributed by atoms with Crippen molar-refractivity contribution < 1.29 is 4.92 Å². The summed E-state index contributed by atoms with van der Waals surface area (Å²) in [7, 11) is 0. The topological polar surface area (TPSA) is 94.1 Å². The van der Waals surface area contributed by atoms with E-state index in [9.17, 15) is 10.1 Å². The zero-order valence-corrected chi connectivity index (χ0v) is 10.7. The van der Waals surface area contributed by atoms with Crippen LogP contribution in [-0.2, 0) is 0 Å². The fourth-order valence-corrected chi connectivity index (χ4v) is 2.73. The fourth-order valence-electron chi connectivity index (χ4n) is 2.73. The Morgan fingerprint density at radius 1 is 1.37 bits per heavy atom. The number of nitrogens with zero attached hydrogens (tertiary/aromatic N) is 2. The van der Waals surface area contributed by atoms with E-state index in [-0.39, 0.29) is 5.69 Å². The molecule has 3 rings (SSSR count). The SMILES string of the molecule is Nc1ccc([N+](=O)[O-])c(NCC(C2CC2)C2CC2)n1. The van der Waals surface area contributed by atoms with Crippen LogP contribution in [0.2, 0.25) is 0 Å². The van der Waals surface area contributed by atoms with Gasteiger partial charge in [0.05, 0.1) is 4.92 Å². The Bertz CT molecular complexity index is 485. The molecule has 0 aromatic carbocycles. The molecule has 19 heavy (non-hydrogen) atoms. The van der Waals surface area contributed by atoms with E-state index in [1.807, 2.05) is 0 Å². The van der Waals surface area contributed by atoms with Gasteiger partial charge in [-0.05, 0) is 49.5 Å². The first-order valence-corrected chi connectivity index (χ1v) is 6.80. The molecule has 3 N–H and O–H groups in total. The molecule has 2 aliphatic rings. The van der Waals surface area contributed by atoms with Crippen LogP contribution in [0.1, 0.15) is 25.7 Å². The summed E-state index contributed by atoms with van der Waals surface area (Å²) in [5.74, 6) is 2.86. The summed E-state index contributed by atoms with van der Waals surface area (Å²) >= 11 is 0. The quantitative estimate of drug-likeness (QED) is 0.606. The zero-order valence-electron chi connectivity index (χ0n) is 10.7. The van der Waals surface area contributed by atoms with E-state index in [1.165, 1.54) is 37.8 Å². The highest BCUT2D eigenvalue weighted by atomic mass is 16.6. The highest BCUT2D eigenvalue weighted by Crippen LogP contribution is 2.49. The molecule has 2 saturated carbocycles. The van der Waals surface area contributed by atoms with E-state index in [4.69, 9.17) is 5.73 Å². The van der Waals surface area contributed by atoms with Crippen molar-refractivity contribution >= 4 is 17.3 Å². The Labute approximate surface area is 111 Å². The van der Waals surface area contributed by atoms with Gasteiger partial charge in [0, 0.05) is 12.6 Å². The largest absolute Gasteiger partial charge is 0.384 e. The first kappa shape index (κ1) is 12.2. The Morgan fingerprint density at radius 3 is 2.53 bits per heavy atom. The van der Waals surface area contributed by atoms with Gasteiger partial charge in [0.25, 0.3) is 0 Å². The Morgan fingerprint density at radius 2 is 2.00 bits per heavy atom. The molecular weight excluding hydrogens is 244 g/mol. The van der Waals surface area contributed by atoms with Crippen molar-refractivity contribution in [2.24, 2.45) is 17.8 Å². The summed E-state index contributed by atoms with van der Waals surface area (Å²) in [6.07, 6.45) is 5.20. The average Bonchev–Trinajstić information content (AvgIpc) is 3.24. The minimum atomic E-state index is -0.419. The molecule has 2 aliphatic carbocycles. The van der Waals surface area contributed by atoms with E-state index >= 15 is 0 Å². The van der Waals surface area contributed by atoms with Gasteiger partial charge in [-0.2, -0.15) is 0 Å². The second kappa shape index (κ2) is 4.68. The first-order valence-electron chi connectivity index (χ1n) is 6.80. The molecule has 0 radical (unpaired) electrons. The number of pyridine rings is 1. The summed E-state index contributed by atoms with van der Waals surface area (Å²) < 4.78 is 0. The summed E-state index contributed by atoms with van der Waals surface area (Å²) in [6, 6.07) is 2.87. The molecule has 1 aromatic rings. The fraction of sp³-hybridized carbons (Fsp3) is 0.615. The van der Waals surface area contributed by atoms with Gasteiger partial charge in [-0.15, -0.1) is 0 Å². The Hall–Kier alpha value is -1.85. The number of nitro groups is 1. The minimum Gasteiger partial charge on any atom is -0.384 e. The monoisotopic (exact) mass is 262 g/mol. The van der Waals surface area contributed by atoms with Crippen molar-refractivity contribution in [2.75, 3.05) is 17.6 Å². The van der Waals surface area contributed by atoms with Crippen LogP contribution < -0.4 is 11.1 Å². The van der Waals surface area contributed by atoms with Crippen molar-refractivity contribution in [3.05, 3.63) is 22.2 Å². The number of nitrogens with two attached hydrogens (primary N) is 1. The van der Waals surface area contributed by atoms with Gasteiger partial charge >= 0.3 is 5.69 Å². The predicted octanol–water partition coefficient (Wildman–Crippen LogP) is 2.42. The lowest BCUT2D eigenvalue weighted by molar-refractivity contribution is -0.384. The molecular formula is C13H18N4O2. The molecule has 0 spiro atoms. The second-order valence-corrected chi connectivity index (χ2v) is 5.58. The van der Waals surface area contributed by atoms with Gasteiger partial charge in [-0.3, -0.25) is 10.1 Å². The lowest BCUT2D eigenvalue weighted by Crippen LogP contribution is -2.19. The third kappa shape index (κ3) is 2.77. The van der Waals surface area contributed by atoms with Crippen LogP contribution >= 0.6 is 0 Å². The third-order valence-corrected chi connectivity index (χ3v) is 4.05. The van der Waals surface area contributed by atoms with Crippen molar-refractivity contribution in [3.8, 4) is 0 Å². The maximum Gasteiger partial charge on any atom is 0.311 e. The van der Waals surface area contributed by atoms with E-state index in [2.05, 4.69) is 10.3 Å². The lowest BCUT2D eigenvalue weighted by Gasteiger charge is -2.16. The number of aromatic nitrogens is 1. The molecule has 0 aliphatic heterocycles. The number of nitrogens with one attached hydrogen (secondary N) is 1. The third-order valence-electron chi connectivity index (χ3n) is 4.05. The molecule has 0 unspecified atom stereocenters. The van der Waals surface area contributed by atoms with Crippen molar-refractivity contribution in [2.45, 2.75) is 25.7 Å².